The minimum Gasteiger partial charge on any atom is -0.338 e. The van der Waals surface area contributed by atoms with Crippen molar-refractivity contribution in [2.75, 3.05) is 18.4 Å². The maximum Gasteiger partial charge on any atom is 0.433 e. The second-order valence-electron chi connectivity index (χ2n) is 11.8. The van der Waals surface area contributed by atoms with Crippen molar-refractivity contribution in [3.05, 3.63) is 71.9 Å². The van der Waals surface area contributed by atoms with Gasteiger partial charge in [0.1, 0.15) is 17.3 Å². The molecule has 228 valence electrons. The number of fused-ring (bicyclic) bond motifs is 1. The highest BCUT2D eigenvalue weighted by molar-refractivity contribution is 5.93. The van der Waals surface area contributed by atoms with Gasteiger partial charge in [-0.15, -0.1) is 0 Å². The summed E-state index contributed by atoms with van der Waals surface area (Å²) in [6.07, 6.45) is -3.60. The van der Waals surface area contributed by atoms with Crippen molar-refractivity contribution in [3.63, 3.8) is 0 Å². The summed E-state index contributed by atoms with van der Waals surface area (Å²) in [7, 11) is 0. The van der Waals surface area contributed by atoms with Crippen LogP contribution in [0.4, 0.5) is 37.8 Å². The SMILES string of the molecule is CCC1CCN(Cc2nc(Nc3ccc(C(F)(F)F)nc3)c3ccc(-c4ncccc4C(F)(F)F)cc3n2)CC(C)(C)C1. The minimum absolute atomic E-state index is 0.0706. The largest absolute Gasteiger partial charge is 0.433 e. The van der Waals surface area contributed by atoms with Crippen LogP contribution in [0.25, 0.3) is 22.2 Å². The zero-order valence-corrected chi connectivity index (χ0v) is 24.0. The summed E-state index contributed by atoms with van der Waals surface area (Å²) in [5.74, 6) is 1.35. The second kappa shape index (κ2) is 11.7. The third-order valence-electron chi connectivity index (χ3n) is 7.74. The Bertz CT molecular complexity index is 1580. The first-order valence-corrected chi connectivity index (χ1v) is 14.1. The predicted molar refractivity (Wildman–Crippen MR) is 152 cm³/mol. The van der Waals surface area contributed by atoms with Crippen LogP contribution in [0.5, 0.6) is 0 Å². The number of pyridine rings is 2. The third kappa shape index (κ3) is 7.23. The first-order chi connectivity index (χ1) is 20.2. The van der Waals surface area contributed by atoms with Crippen LogP contribution in [0.2, 0.25) is 0 Å². The maximum atomic E-state index is 13.8. The molecule has 12 heteroatoms. The summed E-state index contributed by atoms with van der Waals surface area (Å²) < 4.78 is 80.5. The molecule has 4 aromatic rings. The van der Waals surface area contributed by atoms with Gasteiger partial charge in [0.2, 0.25) is 0 Å². The molecule has 1 fully saturated rings. The topological polar surface area (TPSA) is 66.8 Å². The third-order valence-corrected chi connectivity index (χ3v) is 7.74. The summed E-state index contributed by atoms with van der Waals surface area (Å²) in [6, 6.07) is 8.96. The number of rotatable bonds is 6. The summed E-state index contributed by atoms with van der Waals surface area (Å²) in [6.45, 7) is 8.73. The molecule has 0 saturated carbocycles. The van der Waals surface area contributed by atoms with E-state index in [2.05, 4.69) is 41.0 Å². The van der Waals surface area contributed by atoms with Gasteiger partial charge in [-0.25, -0.2) is 15.0 Å². The molecule has 0 spiro atoms. The first-order valence-electron chi connectivity index (χ1n) is 14.1. The number of anilines is 2. The number of nitrogens with one attached hydrogen (secondary N) is 1. The fraction of sp³-hybridized carbons (Fsp3) is 0.419. The molecular weight excluding hydrogens is 570 g/mol. The van der Waals surface area contributed by atoms with Gasteiger partial charge in [0, 0.05) is 23.7 Å². The first kappa shape index (κ1) is 30.7. The second-order valence-corrected chi connectivity index (χ2v) is 11.8. The molecule has 3 aromatic heterocycles. The van der Waals surface area contributed by atoms with Gasteiger partial charge in [0.05, 0.1) is 35.2 Å². The minimum atomic E-state index is -4.60. The van der Waals surface area contributed by atoms with Gasteiger partial charge in [-0.1, -0.05) is 33.3 Å². The molecule has 1 aliphatic rings. The van der Waals surface area contributed by atoms with Crippen molar-refractivity contribution >= 4 is 22.4 Å². The highest BCUT2D eigenvalue weighted by Gasteiger charge is 2.35. The lowest BCUT2D eigenvalue weighted by Gasteiger charge is -2.30. The van der Waals surface area contributed by atoms with Crippen LogP contribution in [-0.2, 0) is 18.9 Å². The molecule has 1 unspecified atom stereocenters. The monoisotopic (exact) mass is 602 g/mol. The number of hydrogen-bond acceptors (Lipinski definition) is 6. The number of aromatic nitrogens is 4. The van der Waals surface area contributed by atoms with Gasteiger partial charge < -0.3 is 5.32 Å². The standard InChI is InChI=1S/C31H32F6N6/c1-4-19-11-13-43(18-29(2,3)15-19)17-26-41-24-14-20(27-23(30(32,33)34)6-5-12-38-27)7-9-22(24)28(42-26)40-21-8-10-25(39-16-21)31(35,36)37/h5-10,12,14,16,19H,4,11,13,15,17-18H2,1-3H3,(H,40,41,42). The van der Waals surface area contributed by atoms with E-state index in [-0.39, 0.29) is 22.4 Å². The highest BCUT2D eigenvalue weighted by Crippen LogP contribution is 2.38. The number of benzene rings is 1. The number of likely N-dealkylation sites (tertiary alicyclic amines) is 1. The summed E-state index contributed by atoms with van der Waals surface area (Å²) >= 11 is 0. The number of nitrogens with zero attached hydrogens (tertiary/aromatic N) is 5. The van der Waals surface area contributed by atoms with E-state index in [1.54, 1.807) is 6.07 Å². The molecule has 0 amide bonds. The fourth-order valence-electron chi connectivity index (χ4n) is 5.81. The molecule has 6 nitrogen and oxygen atoms in total. The lowest BCUT2D eigenvalue weighted by molar-refractivity contribution is -0.141. The van der Waals surface area contributed by atoms with Gasteiger partial charge in [0.25, 0.3) is 0 Å². The lowest BCUT2D eigenvalue weighted by atomic mass is 9.82. The van der Waals surface area contributed by atoms with Crippen molar-refractivity contribution in [2.45, 2.75) is 58.9 Å². The molecular formula is C31H32F6N6. The normalized spacial score (nSPS) is 18.0. The summed E-state index contributed by atoms with van der Waals surface area (Å²) in [4.78, 5) is 19.3. The zero-order valence-electron chi connectivity index (χ0n) is 24.0. The van der Waals surface area contributed by atoms with Crippen LogP contribution in [0.15, 0.2) is 54.9 Å². The molecule has 4 heterocycles. The molecule has 1 aromatic carbocycles. The smallest absolute Gasteiger partial charge is 0.338 e. The van der Waals surface area contributed by atoms with E-state index in [9.17, 15) is 26.3 Å². The van der Waals surface area contributed by atoms with Crippen molar-refractivity contribution < 1.29 is 26.3 Å². The number of halogens is 6. The molecule has 0 bridgehead atoms. The summed E-state index contributed by atoms with van der Waals surface area (Å²) in [5.41, 5.74) is -1.16. The predicted octanol–water partition coefficient (Wildman–Crippen LogP) is 8.52. The Morgan fingerprint density at radius 2 is 1.77 bits per heavy atom. The van der Waals surface area contributed by atoms with Crippen LogP contribution in [0.1, 0.15) is 57.1 Å². The van der Waals surface area contributed by atoms with Crippen LogP contribution in [0.3, 0.4) is 0 Å². The van der Waals surface area contributed by atoms with Gasteiger partial charge >= 0.3 is 12.4 Å². The number of hydrogen-bond donors (Lipinski definition) is 1. The van der Waals surface area contributed by atoms with Crippen molar-refractivity contribution in [1.29, 1.82) is 0 Å². The Balaban J connectivity index is 1.56. The maximum absolute atomic E-state index is 13.8. The van der Waals surface area contributed by atoms with Crippen molar-refractivity contribution in [3.8, 4) is 11.3 Å². The molecule has 1 atom stereocenters. The molecule has 0 radical (unpaired) electrons. The van der Waals surface area contributed by atoms with Crippen LogP contribution < -0.4 is 5.32 Å². The Labute approximate surface area is 245 Å². The van der Waals surface area contributed by atoms with E-state index >= 15 is 0 Å². The van der Waals surface area contributed by atoms with E-state index in [4.69, 9.17) is 9.97 Å². The molecule has 43 heavy (non-hydrogen) atoms. The van der Waals surface area contributed by atoms with Gasteiger partial charge in [-0.05, 0) is 67.1 Å². The molecule has 1 N–H and O–H groups in total. The quantitative estimate of drug-likeness (QED) is 0.223. The zero-order chi connectivity index (χ0) is 31.0. The van der Waals surface area contributed by atoms with Gasteiger partial charge in [0.15, 0.2) is 0 Å². The Morgan fingerprint density at radius 3 is 2.44 bits per heavy atom. The molecule has 1 saturated heterocycles. The fourth-order valence-corrected chi connectivity index (χ4v) is 5.81. The average molecular weight is 603 g/mol. The van der Waals surface area contributed by atoms with E-state index in [0.717, 1.165) is 50.7 Å². The van der Waals surface area contributed by atoms with Crippen molar-refractivity contribution in [2.24, 2.45) is 11.3 Å². The van der Waals surface area contributed by atoms with E-state index in [0.29, 0.717) is 35.0 Å². The summed E-state index contributed by atoms with van der Waals surface area (Å²) in [5, 5.41) is 3.53. The Morgan fingerprint density at radius 1 is 0.977 bits per heavy atom. The lowest BCUT2D eigenvalue weighted by Crippen LogP contribution is -2.33. The number of alkyl halides is 6. The van der Waals surface area contributed by atoms with Crippen LogP contribution >= 0.6 is 0 Å². The Hall–Kier alpha value is -3.80. The Kier molecular flexibility index (Phi) is 8.34. The van der Waals surface area contributed by atoms with Gasteiger partial charge in [-0.2, -0.15) is 26.3 Å². The van der Waals surface area contributed by atoms with E-state index in [1.165, 1.54) is 30.5 Å². The molecule has 5 rings (SSSR count). The molecule has 1 aliphatic heterocycles. The highest BCUT2D eigenvalue weighted by atomic mass is 19.4. The molecule has 0 aliphatic carbocycles. The average Bonchev–Trinajstić information content (AvgIpc) is 3.08. The van der Waals surface area contributed by atoms with E-state index < -0.39 is 23.6 Å². The van der Waals surface area contributed by atoms with Crippen LogP contribution in [0, 0.1) is 11.3 Å². The van der Waals surface area contributed by atoms with Crippen LogP contribution in [-0.4, -0.2) is 37.9 Å². The van der Waals surface area contributed by atoms with Gasteiger partial charge in [-0.3, -0.25) is 9.88 Å². The van der Waals surface area contributed by atoms with E-state index in [1.807, 2.05) is 0 Å². The van der Waals surface area contributed by atoms with Crippen molar-refractivity contribution in [1.82, 2.24) is 24.8 Å².